The number of carbonyl (C=O) groups excluding carboxylic acids is 2. The number of hydrogen-bond donors (Lipinski definition) is 0. The lowest BCUT2D eigenvalue weighted by molar-refractivity contribution is -0.150. The van der Waals surface area contributed by atoms with Gasteiger partial charge in [-0.05, 0) is 45.2 Å². The van der Waals surface area contributed by atoms with E-state index in [4.69, 9.17) is 9.47 Å². The Labute approximate surface area is 161 Å². The quantitative estimate of drug-likeness (QED) is 0.811. The number of likely N-dealkylation sites (tertiary alicyclic amines) is 1. The highest BCUT2D eigenvalue weighted by molar-refractivity contribution is 5.81. The third-order valence-electron chi connectivity index (χ3n) is 5.37. The van der Waals surface area contributed by atoms with Gasteiger partial charge in [0.1, 0.15) is 5.75 Å². The fourth-order valence-electron chi connectivity index (χ4n) is 3.94. The van der Waals surface area contributed by atoms with Crippen molar-refractivity contribution in [3.63, 3.8) is 0 Å². The van der Waals surface area contributed by atoms with Crippen molar-refractivity contribution >= 4 is 11.8 Å². The lowest BCUT2D eigenvalue weighted by Crippen LogP contribution is -2.52. The number of ether oxygens (including phenoxy) is 2. The van der Waals surface area contributed by atoms with Gasteiger partial charge in [0.15, 0.2) is 6.61 Å². The second kappa shape index (κ2) is 8.74. The molecule has 27 heavy (non-hydrogen) atoms. The number of rotatable bonds is 4. The van der Waals surface area contributed by atoms with Crippen LogP contribution in [0.3, 0.4) is 0 Å². The molecule has 2 aliphatic rings. The van der Waals surface area contributed by atoms with Crippen LogP contribution in [0.15, 0.2) is 24.3 Å². The average Bonchev–Trinajstić information content (AvgIpc) is 2.66. The third kappa shape index (κ3) is 5.01. The van der Waals surface area contributed by atoms with Crippen LogP contribution in [-0.2, 0) is 14.3 Å². The van der Waals surface area contributed by atoms with Gasteiger partial charge in [0.25, 0.3) is 5.91 Å². The molecule has 3 rings (SSSR count). The zero-order chi connectivity index (χ0) is 19.4. The Morgan fingerprint density at radius 1 is 1.07 bits per heavy atom. The molecule has 2 fully saturated rings. The molecule has 6 heteroatoms. The molecule has 148 valence electrons. The monoisotopic (exact) mass is 374 g/mol. The van der Waals surface area contributed by atoms with Crippen molar-refractivity contribution in [3.05, 3.63) is 29.8 Å². The molecule has 0 N–H and O–H groups in total. The summed E-state index contributed by atoms with van der Waals surface area (Å²) in [5.74, 6) is 0.938. The molecule has 2 aliphatic heterocycles. The van der Waals surface area contributed by atoms with Gasteiger partial charge < -0.3 is 19.3 Å². The fraction of sp³-hybridized carbons (Fsp3) is 0.619. The van der Waals surface area contributed by atoms with Crippen molar-refractivity contribution < 1.29 is 19.1 Å². The molecular formula is C21H30N2O4. The Morgan fingerprint density at radius 3 is 2.33 bits per heavy atom. The first-order chi connectivity index (χ1) is 12.9. The van der Waals surface area contributed by atoms with Crippen molar-refractivity contribution in [2.24, 2.45) is 5.92 Å². The Bertz CT molecular complexity index is 660. The Morgan fingerprint density at radius 2 is 1.70 bits per heavy atom. The number of benzene rings is 1. The lowest BCUT2D eigenvalue weighted by Gasteiger charge is -2.39. The first kappa shape index (κ1) is 19.7. The normalized spacial score (nSPS) is 24.0. The maximum Gasteiger partial charge on any atom is 0.260 e. The molecule has 2 amide bonds. The number of hydrogen-bond acceptors (Lipinski definition) is 4. The maximum absolute atomic E-state index is 12.8. The van der Waals surface area contributed by atoms with Gasteiger partial charge in [-0.1, -0.05) is 18.2 Å². The van der Waals surface area contributed by atoms with Crippen molar-refractivity contribution in [2.75, 3.05) is 32.8 Å². The van der Waals surface area contributed by atoms with Crippen LogP contribution in [0.4, 0.5) is 0 Å². The first-order valence-corrected chi connectivity index (χ1v) is 9.84. The third-order valence-corrected chi connectivity index (χ3v) is 5.37. The van der Waals surface area contributed by atoms with Crippen LogP contribution in [0.25, 0.3) is 0 Å². The summed E-state index contributed by atoms with van der Waals surface area (Å²) in [6, 6.07) is 7.68. The molecule has 0 aromatic heterocycles. The van der Waals surface area contributed by atoms with E-state index in [1.165, 1.54) is 0 Å². The van der Waals surface area contributed by atoms with Crippen LogP contribution >= 0.6 is 0 Å². The highest BCUT2D eigenvalue weighted by Crippen LogP contribution is 2.23. The van der Waals surface area contributed by atoms with Crippen LogP contribution in [0.5, 0.6) is 5.75 Å². The van der Waals surface area contributed by atoms with E-state index < -0.39 is 0 Å². The Balaban J connectivity index is 1.46. The van der Waals surface area contributed by atoms with Crippen LogP contribution in [0, 0.1) is 12.8 Å². The van der Waals surface area contributed by atoms with Gasteiger partial charge in [-0.3, -0.25) is 9.59 Å². The van der Waals surface area contributed by atoms with Crippen LogP contribution in [-0.4, -0.2) is 66.6 Å². The van der Waals surface area contributed by atoms with E-state index >= 15 is 0 Å². The number of para-hydroxylation sites is 1. The molecule has 2 heterocycles. The first-order valence-electron chi connectivity index (χ1n) is 9.84. The van der Waals surface area contributed by atoms with Gasteiger partial charge in [0, 0.05) is 32.1 Å². The molecule has 0 spiro atoms. The average molecular weight is 374 g/mol. The minimum Gasteiger partial charge on any atom is -0.484 e. The summed E-state index contributed by atoms with van der Waals surface area (Å²) in [5, 5.41) is 0. The lowest BCUT2D eigenvalue weighted by atomic mass is 9.94. The molecule has 2 atom stereocenters. The highest BCUT2D eigenvalue weighted by atomic mass is 16.5. The van der Waals surface area contributed by atoms with Gasteiger partial charge >= 0.3 is 0 Å². The van der Waals surface area contributed by atoms with Gasteiger partial charge in [-0.15, -0.1) is 0 Å². The van der Waals surface area contributed by atoms with E-state index in [1.807, 2.05) is 54.8 Å². The molecular weight excluding hydrogens is 344 g/mol. The smallest absolute Gasteiger partial charge is 0.260 e. The van der Waals surface area contributed by atoms with E-state index in [0.717, 1.165) is 24.2 Å². The van der Waals surface area contributed by atoms with Gasteiger partial charge in [0.2, 0.25) is 5.91 Å². The molecule has 2 unspecified atom stereocenters. The molecule has 0 bridgehead atoms. The highest BCUT2D eigenvalue weighted by Gasteiger charge is 2.33. The summed E-state index contributed by atoms with van der Waals surface area (Å²) >= 11 is 0. The van der Waals surface area contributed by atoms with Crippen LogP contribution in [0.2, 0.25) is 0 Å². The molecule has 1 aromatic carbocycles. The van der Waals surface area contributed by atoms with E-state index in [-0.39, 0.29) is 36.5 Å². The number of piperidine rings is 1. The summed E-state index contributed by atoms with van der Waals surface area (Å²) in [6.45, 7) is 8.56. The van der Waals surface area contributed by atoms with Crippen LogP contribution in [0.1, 0.15) is 32.3 Å². The molecule has 6 nitrogen and oxygen atoms in total. The van der Waals surface area contributed by atoms with Crippen molar-refractivity contribution in [1.29, 1.82) is 0 Å². The second-order valence-electron chi connectivity index (χ2n) is 7.71. The Hall–Kier alpha value is -2.08. The largest absolute Gasteiger partial charge is 0.484 e. The number of amides is 2. The SMILES string of the molecule is Cc1ccccc1OCC(=O)N1CCC(C(=O)N2CC(C)OC(C)C2)CC1. The molecule has 2 saturated heterocycles. The van der Waals surface area contributed by atoms with Crippen LogP contribution < -0.4 is 4.74 Å². The predicted molar refractivity (Wildman–Crippen MR) is 103 cm³/mol. The van der Waals surface area contributed by atoms with E-state index in [1.54, 1.807) is 0 Å². The molecule has 0 aliphatic carbocycles. The Kier molecular flexibility index (Phi) is 6.37. The summed E-state index contributed by atoms with van der Waals surface area (Å²) in [4.78, 5) is 29.0. The summed E-state index contributed by atoms with van der Waals surface area (Å²) in [7, 11) is 0. The number of morpholine rings is 1. The standard InChI is InChI=1S/C21H30N2O4/c1-15-6-4-5-7-19(15)26-14-20(24)22-10-8-18(9-11-22)21(25)23-12-16(2)27-17(3)13-23/h4-7,16-18H,8-14H2,1-3H3. The second-order valence-corrected chi connectivity index (χ2v) is 7.71. The fourth-order valence-corrected chi connectivity index (χ4v) is 3.94. The van der Waals surface area contributed by atoms with Crippen molar-refractivity contribution in [1.82, 2.24) is 9.80 Å². The van der Waals surface area contributed by atoms with Gasteiger partial charge in [-0.25, -0.2) is 0 Å². The zero-order valence-electron chi connectivity index (χ0n) is 16.5. The predicted octanol–water partition coefficient (Wildman–Crippen LogP) is 2.25. The summed E-state index contributed by atoms with van der Waals surface area (Å²) < 4.78 is 11.4. The van der Waals surface area contributed by atoms with Crippen molar-refractivity contribution in [2.45, 2.75) is 45.8 Å². The summed E-state index contributed by atoms with van der Waals surface area (Å²) in [5.41, 5.74) is 1.02. The number of aryl methyl sites for hydroxylation is 1. The van der Waals surface area contributed by atoms with E-state index in [9.17, 15) is 9.59 Å². The van der Waals surface area contributed by atoms with Gasteiger partial charge in [0.05, 0.1) is 12.2 Å². The van der Waals surface area contributed by atoms with Crippen molar-refractivity contribution in [3.8, 4) is 5.75 Å². The van der Waals surface area contributed by atoms with Gasteiger partial charge in [-0.2, -0.15) is 0 Å². The minimum absolute atomic E-state index is 0.00355. The number of nitrogens with zero attached hydrogens (tertiary/aromatic N) is 2. The van der Waals surface area contributed by atoms with E-state index in [0.29, 0.717) is 26.2 Å². The maximum atomic E-state index is 12.8. The molecule has 0 radical (unpaired) electrons. The zero-order valence-corrected chi connectivity index (χ0v) is 16.5. The molecule has 1 aromatic rings. The number of carbonyl (C=O) groups is 2. The summed E-state index contributed by atoms with van der Waals surface area (Å²) in [6.07, 6.45) is 1.60. The van der Waals surface area contributed by atoms with E-state index in [2.05, 4.69) is 0 Å². The molecule has 0 saturated carbocycles. The topological polar surface area (TPSA) is 59.1 Å². The minimum atomic E-state index is -0.0160.